The van der Waals surface area contributed by atoms with Crippen LogP contribution in [0.4, 0.5) is 10.7 Å². The molecular weight excluding hydrogens is 432 g/mol. The van der Waals surface area contributed by atoms with Gasteiger partial charge in [0.2, 0.25) is 5.91 Å². The third kappa shape index (κ3) is 5.20. The molecule has 1 fully saturated rings. The zero-order valence-electron chi connectivity index (χ0n) is 18.5. The molecule has 1 aromatic carbocycles. The summed E-state index contributed by atoms with van der Waals surface area (Å²) in [6.45, 7) is 6.58. The summed E-state index contributed by atoms with van der Waals surface area (Å²) in [4.78, 5) is 41.3. The second kappa shape index (κ2) is 10.5. The van der Waals surface area contributed by atoms with Gasteiger partial charge < -0.3 is 25.4 Å². The Morgan fingerprint density at radius 2 is 1.84 bits per heavy atom. The first kappa shape index (κ1) is 23.6. The third-order valence-corrected chi connectivity index (χ3v) is 6.49. The molecule has 0 atom stereocenters. The lowest BCUT2D eigenvalue weighted by Crippen LogP contribution is -2.48. The number of rotatable bonds is 8. The number of anilines is 2. The van der Waals surface area contributed by atoms with Gasteiger partial charge in [0.25, 0.3) is 5.91 Å². The first-order chi connectivity index (χ1) is 15.3. The summed E-state index contributed by atoms with van der Waals surface area (Å²) in [6, 6.07) is 7.86. The number of amides is 2. The van der Waals surface area contributed by atoms with Gasteiger partial charge in [-0.25, -0.2) is 4.79 Å². The first-order valence-corrected chi connectivity index (χ1v) is 11.2. The average Bonchev–Trinajstić information content (AvgIpc) is 3.10. The van der Waals surface area contributed by atoms with Crippen LogP contribution in [0.3, 0.4) is 0 Å². The van der Waals surface area contributed by atoms with Crippen LogP contribution in [0, 0.1) is 6.92 Å². The van der Waals surface area contributed by atoms with Crippen molar-refractivity contribution in [2.45, 2.75) is 13.8 Å². The van der Waals surface area contributed by atoms with Crippen LogP contribution in [0.5, 0.6) is 5.75 Å². The van der Waals surface area contributed by atoms with E-state index in [2.05, 4.69) is 10.2 Å². The van der Waals surface area contributed by atoms with Gasteiger partial charge in [0.15, 0.2) is 0 Å². The van der Waals surface area contributed by atoms with E-state index in [0.29, 0.717) is 18.7 Å². The molecule has 32 heavy (non-hydrogen) atoms. The number of hydrogen-bond donors (Lipinski definition) is 2. The molecule has 1 saturated heterocycles. The SMILES string of the molecule is CCOC(=O)c1c(NC(=O)CN2CCN(c3ccccc3OC)CC2)sc(C(N)=O)c1C. The minimum Gasteiger partial charge on any atom is -0.495 e. The standard InChI is InChI=1S/C22H28N4O5S/c1-4-31-22(29)18-14(2)19(20(23)28)32-21(18)24-17(27)13-25-9-11-26(12-10-25)15-7-5-6-8-16(15)30-3/h5-8H,4,9-13H2,1-3H3,(H2,23,28)(H,24,27). The Balaban J connectivity index is 1.64. The summed E-state index contributed by atoms with van der Waals surface area (Å²) in [7, 11) is 1.65. The smallest absolute Gasteiger partial charge is 0.341 e. The van der Waals surface area contributed by atoms with Gasteiger partial charge in [0.1, 0.15) is 10.8 Å². The van der Waals surface area contributed by atoms with E-state index >= 15 is 0 Å². The Bertz CT molecular complexity index is 998. The van der Waals surface area contributed by atoms with Crippen LogP contribution in [0.15, 0.2) is 24.3 Å². The predicted octanol–water partition coefficient (Wildman–Crippen LogP) is 2.10. The van der Waals surface area contributed by atoms with Crippen molar-refractivity contribution in [2.24, 2.45) is 5.73 Å². The lowest BCUT2D eigenvalue weighted by atomic mass is 10.1. The summed E-state index contributed by atoms with van der Waals surface area (Å²) < 4.78 is 10.5. The average molecular weight is 461 g/mol. The van der Waals surface area contributed by atoms with Crippen molar-refractivity contribution in [3.8, 4) is 5.75 Å². The van der Waals surface area contributed by atoms with Gasteiger partial charge in [-0.3, -0.25) is 14.5 Å². The molecule has 0 unspecified atom stereocenters. The van der Waals surface area contributed by atoms with E-state index in [0.717, 1.165) is 35.9 Å². The van der Waals surface area contributed by atoms with Crippen LogP contribution in [0.2, 0.25) is 0 Å². The molecular formula is C22H28N4O5S. The normalized spacial score (nSPS) is 14.2. The zero-order chi connectivity index (χ0) is 23.3. The largest absolute Gasteiger partial charge is 0.495 e. The summed E-state index contributed by atoms with van der Waals surface area (Å²) in [5, 5.41) is 3.05. The fraction of sp³-hybridized carbons (Fsp3) is 0.409. The van der Waals surface area contributed by atoms with Gasteiger partial charge in [-0.15, -0.1) is 11.3 Å². The van der Waals surface area contributed by atoms with E-state index in [9.17, 15) is 14.4 Å². The number of thiophene rings is 1. The van der Waals surface area contributed by atoms with Gasteiger partial charge >= 0.3 is 5.97 Å². The number of nitrogens with two attached hydrogens (primary N) is 1. The highest BCUT2D eigenvalue weighted by Gasteiger charge is 2.27. The van der Waals surface area contributed by atoms with E-state index in [-0.39, 0.29) is 34.5 Å². The number of piperazine rings is 1. The van der Waals surface area contributed by atoms with Crippen molar-refractivity contribution >= 4 is 39.8 Å². The summed E-state index contributed by atoms with van der Waals surface area (Å²) in [5.41, 5.74) is 7.05. The number of para-hydroxylation sites is 2. The van der Waals surface area contributed by atoms with Crippen molar-refractivity contribution in [3.63, 3.8) is 0 Å². The fourth-order valence-corrected chi connectivity index (χ4v) is 4.76. The molecule has 2 amide bonds. The number of benzene rings is 1. The molecule has 0 aliphatic carbocycles. The number of methoxy groups -OCH3 is 1. The van der Waals surface area contributed by atoms with E-state index < -0.39 is 11.9 Å². The van der Waals surface area contributed by atoms with Crippen LogP contribution in [0.25, 0.3) is 0 Å². The number of carbonyl (C=O) groups excluding carboxylic acids is 3. The van der Waals surface area contributed by atoms with Crippen LogP contribution < -0.4 is 20.7 Å². The van der Waals surface area contributed by atoms with Crippen LogP contribution in [-0.4, -0.2) is 69.1 Å². The van der Waals surface area contributed by atoms with E-state index in [4.69, 9.17) is 15.2 Å². The second-order valence-corrected chi connectivity index (χ2v) is 8.35. The highest BCUT2D eigenvalue weighted by atomic mass is 32.1. The maximum atomic E-state index is 12.7. The lowest BCUT2D eigenvalue weighted by Gasteiger charge is -2.36. The number of nitrogens with zero attached hydrogens (tertiary/aromatic N) is 2. The first-order valence-electron chi connectivity index (χ1n) is 10.4. The molecule has 2 heterocycles. The predicted molar refractivity (Wildman–Crippen MR) is 124 cm³/mol. The van der Waals surface area contributed by atoms with Crippen LogP contribution in [0.1, 0.15) is 32.5 Å². The maximum Gasteiger partial charge on any atom is 0.341 e. The number of ether oxygens (including phenoxy) is 2. The Labute approximate surface area is 191 Å². The molecule has 1 aliphatic heterocycles. The zero-order valence-corrected chi connectivity index (χ0v) is 19.3. The minimum atomic E-state index is -0.647. The third-order valence-electron chi connectivity index (χ3n) is 5.27. The Morgan fingerprint density at radius 1 is 1.16 bits per heavy atom. The molecule has 0 radical (unpaired) electrons. The lowest BCUT2D eigenvalue weighted by molar-refractivity contribution is -0.117. The highest BCUT2D eigenvalue weighted by Crippen LogP contribution is 2.33. The molecule has 9 nitrogen and oxygen atoms in total. The number of hydrogen-bond acceptors (Lipinski definition) is 8. The topological polar surface area (TPSA) is 114 Å². The summed E-state index contributed by atoms with van der Waals surface area (Å²) >= 11 is 0.993. The van der Waals surface area contributed by atoms with E-state index in [1.165, 1.54) is 0 Å². The molecule has 10 heteroatoms. The van der Waals surface area contributed by atoms with Crippen molar-refractivity contribution in [3.05, 3.63) is 40.3 Å². The Morgan fingerprint density at radius 3 is 2.47 bits per heavy atom. The monoisotopic (exact) mass is 460 g/mol. The number of carbonyl (C=O) groups is 3. The number of nitrogens with one attached hydrogen (secondary N) is 1. The van der Waals surface area contributed by atoms with Gasteiger partial charge in [-0.05, 0) is 31.5 Å². The van der Waals surface area contributed by atoms with E-state index in [1.54, 1.807) is 21.0 Å². The van der Waals surface area contributed by atoms with Crippen molar-refractivity contribution < 1.29 is 23.9 Å². The molecule has 2 aromatic rings. The van der Waals surface area contributed by atoms with Crippen molar-refractivity contribution in [1.82, 2.24) is 4.90 Å². The molecule has 3 N–H and O–H groups in total. The minimum absolute atomic E-state index is 0.172. The Hall–Kier alpha value is -3.11. The molecule has 0 saturated carbocycles. The van der Waals surface area contributed by atoms with Crippen molar-refractivity contribution in [2.75, 3.05) is 56.7 Å². The van der Waals surface area contributed by atoms with Gasteiger partial charge in [0, 0.05) is 26.2 Å². The summed E-state index contributed by atoms with van der Waals surface area (Å²) in [5.74, 6) is -0.678. The Kier molecular flexibility index (Phi) is 7.70. The van der Waals surface area contributed by atoms with Crippen LogP contribution >= 0.6 is 11.3 Å². The molecule has 172 valence electrons. The highest BCUT2D eigenvalue weighted by molar-refractivity contribution is 7.18. The number of primary amides is 1. The molecule has 0 spiro atoms. The maximum absolute atomic E-state index is 12.7. The summed E-state index contributed by atoms with van der Waals surface area (Å²) in [6.07, 6.45) is 0. The molecule has 0 bridgehead atoms. The quantitative estimate of drug-likeness (QED) is 0.580. The van der Waals surface area contributed by atoms with Crippen molar-refractivity contribution in [1.29, 1.82) is 0 Å². The molecule has 3 rings (SSSR count). The van der Waals surface area contributed by atoms with Gasteiger partial charge in [-0.1, -0.05) is 12.1 Å². The molecule has 1 aromatic heterocycles. The van der Waals surface area contributed by atoms with Gasteiger partial charge in [-0.2, -0.15) is 0 Å². The number of esters is 1. The van der Waals surface area contributed by atoms with E-state index in [1.807, 2.05) is 29.2 Å². The van der Waals surface area contributed by atoms with Gasteiger partial charge in [0.05, 0.1) is 36.4 Å². The second-order valence-electron chi connectivity index (χ2n) is 7.33. The van der Waals surface area contributed by atoms with Crippen LogP contribution in [-0.2, 0) is 9.53 Å². The molecule has 1 aliphatic rings. The fourth-order valence-electron chi connectivity index (χ4n) is 3.69.